The standard InChI is InChI=1S/C34H40N2O12/c1-32-12-10-21(37)15-19(32)6-7-22-23-11-13-34(45,33(23,2)16-24(38)28(22)32)25(39)17-48-27(41)9-8-26(40)35-29(31(43)44)30(42)18-4-3-5-20(14-18)36(46)47/h3-5,14-15,22-23,28-30,42,45H,6-13,16-17H2,1-2H3,(H,35,40)(H,43,44)/t22-,23+,28+,29+,30-,32+,33+,34+/m1/s1. The number of hydrogen-bond acceptors (Lipinski definition) is 11. The Hall–Kier alpha value is -4.30. The van der Waals surface area contributed by atoms with E-state index >= 15 is 0 Å². The van der Waals surface area contributed by atoms with Crippen LogP contribution in [-0.2, 0) is 33.5 Å². The van der Waals surface area contributed by atoms with Crippen LogP contribution < -0.4 is 5.32 Å². The number of aliphatic carboxylic acids is 1. The smallest absolute Gasteiger partial charge is 0.329 e. The molecular formula is C34H40N2O12. The highest BCUT2D eigenvalue weighted by atomic mass is 16.6. The van der Waals surface area contributed by atoms with Crippen molar-refractivity contribution in [2.45, 2.75) is 89.4 Å². The third kappa shape index (κ3) is 6.07. The number of rotatable bonds is 11. The second kappa shape index (κ2) is 13.0. The van der Waals surface area contributed by atoms with Crippen LogP contribution in [0.3, 0.4) is 0 Å². The molecule has 0 radical (unpaired) electrons. The van der Waals surface area contributed by atoms with Gasteiger partial charge in [-0.1, -0.05) is 31.6 Å². The van der Waals surface area contributed by atoms with E-state index in [0.717, 1.165) is 17.7 Å². The van der Waals surface area contributed by atoms with E-state index in [0.29, 0.717) is 32.1 Å². The van der Waals surface area contributed by atoms with Crippen molar-refractivity contribution in [2.24, 2.45) is 28.6 Å². The number of esters is 1. The minimum atomic E-state index is -1.91. The highest BCUT2D eigenvalue weighted by Gasteiger charge is 2.68. The van der Waals surface area contributed by atoms with Gasteiger partial charge >= 0.3 is 11.9 Å². The Bertz CT molecular complexity index is 1600. The van der Waals surface area contributed by atoms with Crippen molar-refractivity contribution in [3.8, 4) is 0 Å². The summed E-state index contributed by atoms with van der Waals surface area (Å²) >= 11 is 0. The number of amides is 1. The number of ketones is 3. The van der Waals surface area contributed by atoms with Crippen molar-refractivity contribution in [2.75, 3.05) is 6.61 Å². The fourth-order valence-corrected chi connectivity index (χ4v) is 8.93. The number of benzene rings is 1. The average Bonchev–Trinajstić information content (AvgIpc) is 3.31. The third-order valence-electron chi connectivity index (χ3n) is 11.5. The molecule has 0 spiro atoms. The minimum absolute atomic E-state index is 0.0149. The van der Waals surface area contributed by atoms with Gasteiger partial charge in [0, 0.05) is 42.7 Å². The van der Waals surface area contributed by atoms with Crippen LogP contribution >= 0.6 is 0 Å². The Kier molecular flexibility index (Phi) is 9.45. The van der Waals surface area contributed by atoms with Gasteiger partial charge in [0.25, 0.3) is 5.69 Å². The van der Waals surface area contributed by atoms with Crippen LogP contribution in [0.4, 0.5) is 5.69 Å². The lowest BCUT2D eigenvalue weighted by molar-refractivity contribution is -0.385. The van der Waals surface area contributed by atoms with Gasteiger partial charge in [0.05, 0.1) is 11.3 Å². The molecule has 4 aliphatic rings. The van der Waals surface area contributed by atoms with Crippen molar-refractivity contribution in [3.63, 3.8) is 0 Å². The summed E-state index contributed by atoms with van der Waals surface area (Å²) in [4.78, 5) is 86.4. The van der Waals surface area contributed by atoms with E-state index in [-0.39, 0.29) is 53.4 Å². The second-order valence-corrected chi connectivity index (χ2v) is 14.1. The predicted octanol–water partition coefficient (Wildman–Crippen LogP) is 2.53. The van der Waals surface area contributed by atoms with E-state index in [9.17, 15) is 54.2 Å². The van der Waals surface area contributed by atoms with Gasteiger partial charge in [-0.25, -0.2) is 4.79 Å². The molecule has 8 atom stereocenters. The van der Waals surface area contributed by atoms with Crippen molar-refractivity contribution < 1.29 is 53.7 Å². The van der Waals surface area contributed by atoms with Gasteiger partial charge in [-0.3, -0.25) is 34.1 Å². The van der Waals surface area contributed by atoms with Crippen molar-refractivity contribution >= 4 is 40.9 Å². The zero-order valence-corrected chi connectivity index (χ0v) is 26.8. The van der Waals surface area contributed by atoms with Gasteiger partial charge in [0.2, 0.25) is 11.7 Å². The fourth-order valence-electron chi connectivity index (χ4n) is 8.93. The van der Waals surface area contributed by atoms with Gasteiger partial charge < -0.3 is 25.4 Å². The summed E-state index contributed by atoms with van der Waals surface area (Å²) in [6.45, 7) is 3.02. The summed E-state index contributed by atoms with van der Waals surface area (Å²) in [6.07, 6.45) is 1.71. The number of aliphatic hydroxyl groups is 2. The largest absolute Gasteiger partial charge is 0.480 e. The molecule has 14 nitrogen and oxygen atoms in total. The fraction of sp³-hybridized carbons (Fsp3) is 0.588. The maximum absolute atomic E-state index is 13.8. The predicted molar refractivity (Wildman–Crippen MR) is 165 cm³/mol. The van der Waals surface area contributed by atoms with E-state index in [1.165, 1.54) is 12.1 Å². The molecule has 0 heterocycles. The number of carboxylic acid groups (broad SMARTS) is 1. The molecule has 1 aromatic carbocycles. The lowest BCUT2D eigenvalue weighted by Crippen LogP contribution is -2.61. The normalized spacial score (nSPS) is 32.1. The van der Waals surface area contributed by atoms with E-state index in [1.54, 1.807) is 13.0 Å². The van der Waals surface area contributed by atoms with Gasteiger partial charge in [-0.05, 0) is 61.0 Å². The Balaban J connectivity index is 1.17. The number of nitro groups is 1. The summed E-state index contributed by atoms with van der Waals surface area (Å²) in [5.74, 6) is -4.68. The molecule has 0 unspecified atom stereocenters. The van der Waals surface area contributed by atoms with Crippen LogP contribution in [0.1, 0.15) is 83.3 Å². The Morgan fingerprint density at radius 1 is 1.10 bits per heavy atom. The lowest BCUT2D eigenvalue weighted by atomic mass is 9.46. The first-order valence-electron chi connectivity index (χ1n) is 16.1. The van der Waals surface area contributed by atoms with Crippen LogP contribution in [-0.4, -0.2) is 73.7 Å². The van der Waals surface area contributed by atoms with Crippen LogP contribution in [0.25, 0.3) is 0 Å². The molecule has 3 saturated carbocycles. The van der Waals surface area contributed by atoms with Gasteiger partial charge in [0.1, 0.15) is 17.5 Å². The third-order valence-corrected chi connectivity index (χ3v) is 11.5. The van der Waals surface area contributed by atoms with Crippen molar-refractivity contribution in [1.29, 1.82) is 0 Å². The topological polar surface area (TPSA) is 228 Å². The zero-order chi connectivity index (χ0) is 35.2. The first-order valence-corrected chi connectivity index (χ1v) is 16.1. The molecule has 4 aliphatic carbocycles. The van der Waals surface area contributed by atoms with E-state index < -0.39 is 76.6 Å². The number of nitrogens with zero attached hydrogens (tertiary/aromatic N) is 1. The van der Waals surface area contributed by atoms with E-state index in [4.69, 9.17) is 4.74 Å². The van der Waals surface area contributed by atoms with Crippen molar-refractivity contribution in [3.05, 3.63) is 51.6 Å². The van der Waals surface area contributed by atoms with Crippen LogP contribution in [0.2, 0.25) is 0 Å². The molecule has 0 aliphatic heterocycles. The highest BCUT2D eigenvalue weighted by Crippen LogP contribution is 2.66. The number of non-ortho nitro benzene ring substituents is 1. The molecule has 3 fully saturated rings. The number of nitrogens with one attached hydrogen (secondary N) is 1. The first-order chi connectivity index (χ1) is 22.5. The van der Waals surface area contributed by atoms with Gasteiger partial charge in [-0.2, -0.15) is 0 Å². The SMILES string of the molecule is C[C@]12CCC(=O)C=C1CC[C@H]1[C@H]2C(=O)C[C@@]2(C)[C@H]1CC[C@]2(O)C(=O)COC(=O)CCC(=O)N[C@H](C(=O)O)[C@H](O)c1cccc([N+](=O)[O-])c1. The molecule has 48 heavy (non-hydrogen) atoms. The second-order valence-electron chi connectivity index (χ2n) is 14.1. The molecule has 1 aromatic rings. The molecule has 0 saturated heterocycles. The number of nitro benzene ring substituents is 1. The molecular weight excluding hydrogens is 628 g/mol. The van der Waals surface area contributed by atoms with Gasteiger partial charge in [-0.15, -0.1) is 0 Å². The number of Topliss-reactive ketones (excluding diaryl/α,β-unsaturated/α-hetero) is 2. The quantitative estimate of drug-likeness (QED) is 0.152. The number of hydrogen-bond donors (Lipinski definition) is 4. The molecule has 0 aromatic heterocycles. The zero-order valence-electron chi connectivity index (χ0n) is 26.8. The Morgan fingerprint density at radius 2 is 1.83 bits per heavy atom. The molecule has 0 bridgehead atoms. The Labute approximate surface area is 276 Å². The summed E-state index contributed by atoms with van der Waals surface area (Å²) in [5.41, 5.74) is -2.89. The number of aliphatic hydroxyl groups excluding tert-OH is 1. The number of ether oxygens (including phenoxy) is 1. The lowest BCUT2D eigenvalue weighted by Gasteiger charge is -2.57. The average molecular weight is 669 g/mol. The number of fused-ring (bicyclic) bond motifs is 5. The van der Waals surface area contributed by atoms with E-state index in [2.05, 4.69) is 12.2 Å². The van der Waals surface area contributed by atoms with E-state index in [1.807, 2.05) is 0 Å². The number of carbonyl (C=O) groups excluding carboxylic acids is 5. The first kappa shape index (κ1) is 35.0. The summed E-state index contributed by atoms with van der Waals surface area (Å²) < 4.78 is 5.11. The maximum Gasteiger partial charge on any atom is 0.329 e. The molecule has 14 heteroatoms. The summed E-state index contributed by atoms with van der Waals surface area (Å²) in [6, 6.07) is 2.77. The number of carbonyl (C=O) groups is 6. The molecule has 1 amide bonds. The van der Waals surface area contributed by atoms with Gasteiger partial charge in [0.15, 0.2) is 18.4 Å². The van der Waals surface area contributed by atoms with Crippen LogP contribution in [0, 0.1) is 38.7 Å². The maximum atomic E-state index is 13.8. The van der Waals surface area contributed by atoms with Crippen LogP contribution in [0.5, 0.6) is 0 Å². The molecule has 258 valence electrons. The van der Waals surface area contributed by atoms with Crippen LogP contribution in [0.15, 0.2) is 35.9 Å². The monoisotopic (exact) mass is 668 g/mol. The number of carboxylic acids is 1. The Morgan fingerprint density at radius 3 is 2.52 bits per heavy atom. The summed E-state index contributed by atoms with van der Waals surface area (Å²) in [7, 11) is 0. The van der Waals surface area contributed by atoms with Crippen molar-refractivity contribution in [1.82, 2.24) is 5.32 Å². The summed E-state index contributed by atoms with van der Waals surface area (Å²) in [5, 5.41) is 45.0. The highest BCUT2D eigenvalue weighted by molar-refractivity contribution is 5.95. The molecule has 4 N–H and O–H groups in total. The number of allylic oxidation sites excluding steroid dienone is 1. The molecule has 5 rings (SSSR count). The minimum Gasteiger partial charge on any atom is -0.480 e.